The first-order chi connectivity index (χ1) is 13.5. The summed E-state index contributed by atoms with van der Waals surface area (Å²) >= 11 is 0. The Morgan fingerprint density at radius 3 is 2.57 bits per heavy atom. The van der Waals surface area contributed by atoms with Crippen molar-refractivity contribution in [2.24, 2.45) is 0 Å². The molecule has 1 aromatic heterocycles. The molecule has 1 aliphatic rings. The maximum atomic E-state index is 13.1. The third kappa shape index (κ3) is 3.17. The molecule has 0 atom stereocenters. The summed E-state index contributed by atoms with van der Waals surface area (Å²) in [7, 11) is 1.64. The summed E-state index contributed by atoms with van der Waals surface area (Å²) in [6, 6.07) is 15.5. The first-order valence-electron chi connectivity index (χ1n) is 9.11. The maximum Gasteiger partial charge on any atom is 0.255 e. The number of hydrogen-bond donors (Lipinski definition) is 1. The van der Waals surface area contributed by atoms with Gasteiger partial charge in [-0.25, -0.2) is 9.97 Å². The third-order valence-electron chi connectivity index (χ3n) is 5.18. The number of methoxy groups -OCH3 is 1. The van der Waals surface area contributed by atoms with E-state index in [4.69, 9.17) is 4.74 Å². The minimum atomic E-state index is -0.421. The fraction of sp³-hybridized carbons (Fsp3) is 0.227. The van der Waals surface area contributed by atoms with Crippen molar-refractivity contribution in [2.45, 2.75) is 25.9 Å². The first-order valence-corrected chi connectivity index (χ1v) is 9.11. The molecule has 2 heterocycles. The largest absolute Gasteiger partial charge is 0.497 e. The normalized spacial score (nSPS) is 14.7. The van der Waals surface area contributed by atoms with Crippen molar-refractivity contribution >= 4 is 17.4 Å². The highest BCUT2D eigenvalue weighted by molar-refractivity contribution is 6.00. The lowest BCUT2D eigenvalue weighted by Crippen LogP contribution is -2.38. The van der Waals surface area contributed by atoms with Gasteiger partial charge in [-0.15, -0.1) is 0 Å². The van der Waals surface area contributed by atoms with Gasteiger partial charge in [0, 0.05) is 24.0 Å². The van der Waals surface area contributed by atoms with E-state index in [0.717, 1.165) is 28.1 Å². The number of nitrogens with one attached hydrogen (secondary N) is 1. The maximum absolute atomic E-state index is 13.1. The monoisotopic (exact) mass is 374 g/mol. The van der Waals surface area contributed by atoms with Crippen molar-refractivity contribution in [3.63, 3.8) is 0 Å². The van der Waals surface area contributed by atoms with Crippen LogP contribution >= 0.6 is 0 Å². The van der Waals surface area contributed by atoms with Crippen LogP contribution in [0.5, 0.6) is 5.75 Å². The zero-order chi connectivity index (χ0) is 19.7. The summed E-state index contributed by atoms with van der Waals surface area (Å²) in [6.07, 6.45) is 3.19. The van der Waals surface area contributed by atoms with Crippen molar-refractivity contribution < 1.29 is 9.53 Å². The molecule has 2 aromatic carbocycles. The van der Waals surface area contributed by atoms with E-state index in [0.29, 0.717) is 12.4 Å². The quantitative estimate of drug-likeness (QED) is 0.728. The molecule has 0 saturated heterocycles. The molecular formula is C22H22N4O2. The molecule has 0 unspecified atom stereocenters. The highest BCUT2D eigenvalue weighted by atomic mass is 16.5. The molecule has 28 heavy (non-hydrogen) atoms. The van der Waals surface area contributed by atoms with Crippen LogP contribution in [0.15, 0.2) is 61.1 Å². The molecule has 0 saturated carbocycles. The van der Waals surface area contributed by atoms with Crippen LogP contribution in [0.4, 0.5) is 11.5 Å². The molecule has 6 heteroatoms. The number of aromatic nitrogens is 2. The Morgan fingerprint density at radius 1 is 1.11 bits per heavy atom. The number of hydrogen-bond acceptors (Lipinski definition) is 5. The Kier molecular flexibility index (Phi) is 4.47. The van der Waals surface area contributed by atoms with Crippen molar-refractivity contribution in [1.29, 1.82) is 0 Å². The van der Waals surface area contributed by atoms with Crippen LogP contribution in [0.3, 0.4) is 0 Å². The third-order valence-corrected chi connectivity index (χ3v) is 5.18. The predicted molar refractivity (Wildman–Crippen MR) is 108 cm³/mol. The number of fused-ring (bicyclic) bond motifs is 1. The van der Waals surface area contributed by atoms with E-state index in [9.17, 15) is 4.79 Å². The van der Waals surface area contributed by atoms with Gasteiger partial charge in [-0.2, -0.15) is 0 Å². The van der Waals surface area contributed by atoms with Crippen LogP contribution in [0.25, 0.3) is 0 Å². The molecule has 4 rings (SSSR count). The average Bonchev–Trinajstić information content (AvgIpc) is 2.90. The van der Waals surface area contributed by atoms with E-state index in [1.54, 1.807) is 19.4 Å². The van der Waals surface area contributed by atoms with E-state index < -0.39 is 5.54 Å². The van der Waals surface area contributed by atoms with Gasteiger partial charge in [-0.05, 0) is 61.4 Å². The van der Waals surface area contributed by atoms with Crippen molar-refractivity contribution in [1.82, 2.24) is 14.9 Å². The second kappa shape index (κ2) is 6.96. The molecule has 0 spiro atoms. The summed E-state index contributed by atoms with van der Waals surface area (Å²) in [5.41, 5.74) is 3.28. The molecule has 0 fully saturated rings. The predicted octanol–water partition coefficient (Wildman–Crippen LogP) is 4.12. The number of ether oxygens (including phenoxy) is 1. The van der Waals surface area contributed by atoms with Crippen molar-refractivity contribution in [3.8, 4) is 5.75 Å². The highest BCUT2D eigenvalue weighted by Gasteiger charge is 2.42. The molecule has 1 N–H and O–H groups in total. The molecule has 1 amide bonds. The lowest BCUT2D eigenvalue weighted by Gasteiger charge is -2.32. The SMILES string of the molecule is COc1ccc(CN2C(=O)c3ccc(Nc4ccncn4)cc3C2(C)C)cc1. The number of nitrogens with zero attached hydrogens (tertiary/aromatic N) is 3. The van der Waals surface area contributed by atoms with Crippen molar-refractivity contribution in [2.75, 3.05) is 12.4 Å². The van der Waals surface area contributed by atoms with E-state index in [1.807, 2.05) is 47.4 Å². The Bertz CT molecular complexity index is 1000. The zero-order valence-electron chi connectivity index (χ0n) is 16.1. The van der Waals surface area contributed by atoms with Crippen LogP contribution in [0.1, 0.15) is 35.3 Å². The molecular weight excluding hydrogens is 352 g/mol. The van der Waals surface area contributed by atoms with Crippen LogP contribution < -0.4 is 10.1 Å². The van der Waals surface area contributed by atoms with E-state index >= 15 is 0 Å². The fourth-order valence-corrected chi connectivity index (χ4v) is 3.55. The Labute approximate surface area is 164 Å². The molecule has 0 bridgehead atoms. The minimum absolute atomic E-state index is 0.0457. The molecule has 6 nitrogen and oxygen atoms in total. The van der Waals surface area contributed by atoms with E-state index in [1.165, 1.54) is 6.33 Å². The van der Waals surface area contributed by atoms with Gasteiger partial charge in [0.2, 0.25) is 0 Å². The van der Waals surface area contributed by atoms with Gasteiger partial charge >= 0.3 is 0 Å². The van der Waals surface area contributed by atoms with E-state index in [2.05, 4.69) is 29.1 Å². The summed E-state index contributed by atoms with van der Waals surface area (Å²) in [4.78, 5) is 23.1. The molecule has 3 aromatic rings. The van der Waals surface area contributed by atoms with Gasteiger partial charge in [0.1, 0.15) is 17.9 Å². The molecule has 1 aliphatic heterocycles. The number of carbonyl (C=O) groups is 1. The number of benzene rings is 2. The van der Waals surface area contributed by atoms with Crippen LogP contribution in [0.2, 0.25) is 0 Å². The van der Waals surface area contributed by atoms with Crippen molar-refractivity contribution in [3.05, 3.63) is 77.7 Å². The van der Waals surface area contributed by atoms with Gasteiger partial charge in [0.25, 0.3) is 5.91 Å². The summed E-state index contributed by atoms with van der Waals surface area (Å²) < 4.78 is 5.22. The topological polar surface area (TPSA) is 67.3 Å². The molecule has 0 aliphatic carbocycles. The van der Waals surface area contributed by atoms with Gasteiger partial charge < -0.3 is 15.0 Å². The highest BCUT2D eigenvalue weighted by Crippen LogP contribution is 2.41. The Balaban J connectivity index is 1.61. The van der Waals surface area contributed by atoms with Gasteiger partial charge in [-0.3, -0.25) is 4.79 Å². The fourth-order valence-electron chi connectivity index (χ4n) is 3.55. The Morgan fingerprint density at radius 2 is 1.89 bits per heavy atom. The number of amides is 1. The number of carbonyl (C=O) groups excluding carboxylic acids is 1. The summed E-state index contributed by atoms with van der Waals surface area (Å²) in [6.45, 7) is 4.70. The second-order valence-electron chi connectivity index (χ2n) is 7.28. The van der Waals surface area contributed by atoms with E-state index in [-0.39, 0.29) is 5.91 Å². The molecule has 0 radical (unpaired) electrons. The zero-order valence-corrected chi connectivity index (χ0v) is 16.1. The lowest BCUT2D eigenvalue weighted by molar-refractivity contribution is 0.0595. The Hall–Kier alpha value is -3.41. The lowest BCUT2D eigenvalue weighted by atomic mass is 9.93. The summed E-state index contributed by atoms with van der Waals surface area (Å²) in [5.74, 6) is 1.57. The van der Waals surface area contributed by atoms with Crippen LogP contribution in [-0.4, -0.2) is 27.9 Å². The van der Waals surface area contributed by atoms with Gasteiger partial charge in [0.15, 0.2) is 0 Å². The smallest absolute Gasteiger partial charge is 0.255 e. The minimum Gasteiger partial charge on any atom is -0.497 e. The van der Waals surface area contributed by atoms with Gasteiger partial charge in [-0.1, -0.05) is 12.1 Å². The summed E-state index contributed by atoms with van der Waals surface area (Å²) in [5, 5.41) is 3.27. The van der Waals surface area contributed by atoms with Crippen LogP contribution in [0, 0.1) is 0 Å². The first kappa shape index (κ1) is 18.0. The number of rotatable bonds is 5. The average molecular weight is 374 g/mol. The standard InChI is InChI=1S/C22H22N4O2/c1-22(2)19-12-16(25-20-10-11-23-14-24-20)6-9-18(19)21(27)26(22)13-15-4-7-17(28-3)8-5-15/h4-12,14H,13H2,1-3H3,(H,23,24,25). The molecule has 142 valence electrons. The number of anilines is 2. The van der Waals surface area contributed by atoms with Crippen LogP contribution in [-0.2, 0) is 12.1 Å². The van der Waals surface area contributed by atoms with Gasteiger partial charge in [0.05, 0.1) is 12.6 Å². The second-order valence-corrected chi connectivity index (χ2v) is 7.28.